The van der Waals surface area contributed by atoms with Crippen LogP contribution in [-0.4, -0.2) is 54.3 Å². The van der Waals surface area contributed by atoms with E-state index in [0.717, 1.165) is 62.9 Å². The molecule has 1 saturated carbocycles. The third-order valence-corrected chi connectivity index (χ3v) is 7.42. The largest absolute Gasteiger partial charge is 0.465 e. The highest BCUT2D eigenvalue weighted by molar-refractivity contribution is 5.90. The van der Waals surface area contributed by atoms with Crippen LogP contribution < -0.4 is 15.5 Å². The number of alkyl halides is 3. The van der Waals surface area contributed by atoms with Crippen molar-refractivity contribution in [3.63, 3.8) is 0 Å². The predicted octanol–water partition coefficient (Wildman–Crippen LogP) is 5.52. The fourth-order valence-electron chi connectivity index (χ4n) is 5.42. The van der Waals surface area contributed by atoms with Crippen LogP contribution in [0.1, 0.15) is 54.4 Å². The Hall–Kier alpha value is -3.60. The zero-order chi connectivity index (χ0) is 27.4. The standard InChI is InChI=1S/C28H32F3N5O3/c1-38-26(37)19-7-4-6-18(14-19)24-16-33-27(39-24)35-23-10-3-2-9-22(23)34-21-8-5-13-36(17-21)25-12-11-20(15-32-25)28(29,30)31/h4,6-7,11-12,14-16,21-23,34H,2-3,5,8-10,13,17H2,1H3,(H,33,35)/t21-,22+,23+/m0/s1. The van der Waals surface area contributed by atoms with Gasteiger partial charge in [0.25, 0.3) is 6.01 Å². The summed E-state index contributed by atoms with van der Waals surface area (Å²) >= 11 is 0. The monoisotopic (exact) mass is 543 g/mol. The van der Waals surface area contributed by atoms with Crippen LogP contribution in [0.25, 0.3) is 11.3 Å². The Morgan fingerprint density at radius 3 is 2.62 bits per heavy atom. The number of nitrogens with one attached hydrogen (secondary N) is 2. The molecule has 11 heteroatoms. The molecule has 1 aliphatic carbocycles. The maximum absolute atomic E-state index is 12.9. The Balaban J connectivity index is 1.22. The lowest BCUT2D eigenvalue weighted by molar-refractivity contribution is -0.137. The molecule has 3 atom stereocenters. The number of halogens is 3. The molecule has 1 aliphatic heterocycles. The van der Waals surface area contributed by atoms with Crippen molar-refractivity contribution in [2.75, 3.05) is 30.4 Å². The van der Waals surface area contributed by atoms with E-state index in [2.05, 4.69) is 25.5 Å². The fourth-order valence-corrected chi connectivity index (χ4v) is 5.42. The minimum Gasteiger partial charge on any atom is -0.465 e. The van der Waals surface area contributed by atoms with Gasteiger partial charge in [-0.1, -0.05) is 25.0 Å². The number of hydrogen-bond acceptors (Lipinski definition) is 8. The van der Waals surface area contributed by atoms with Gasteiger partial charge in [0.2, 0.25) is 0 Å². The number of hydrogen-bond donors (Lipinski definition) is 2. The van der Waals surface area contributed by atoms with Crippen LogP contribution in [0.15, 0.2) is 53.2 Å². The highest BCUT2D eigenvalue weighted by Crippen LogP contribution is 2.31. The number of piperidine rings is 1. The van der Waals surface area contributed by atoms with Crippen molar-refractivity contribution in [3.8, 4) is 11.3 Å². The van der Waals surface area contributed by atoms with Gasteiger partial charge in [0.15, 0.2) is 5.76 Å². The quantitative estimate of drug-likeness (QED) is 0.376. The van der Waals surface area contributed by atoms with Gasteiger partial charge >= 0.3 is 12.1 Å². The van der Waals surface area contributed by atoms with E-state index in [1.54, 1.807) is 24.4 Å². The van der Waals surface area contributed by atoms with Crippen molar-refractivity contribution in [3.05, 3.63) is 59.9 Å². The SMILES string of the molecule is COC(=O)c1cccc(-c2cnc(N[C@@H]3CCCC[C@H]3N[C@H]3CCCN(c4ccc(C(F)(F)F)cn4)C3)o2)c1. The smallest absolute Gasteiger partial charge is 0.417 e. The molecular formula is C28H32F3N5O3. The van der Waals surface area contributed by atoms with Gasteiger partial charge in [-0.3, -0.25) is 0 Å². The Labute approximate surface area is 225 Å². The van der Waals surface area contributed by atoms with E-state index in [4.69, 9.17) is 9.15 Å². The number of aromatic nitrogens is 2. The van der Waals surface area contributed by atoms with E-state index in [9.17, 15) is 18.0 Å². The van der Waals surface area contributed by atoms with Crippen molar-refractivity contribution in [2.24, 2.45) is 0 Å². The molecule has 0 bridgehead atoms. The summed E-state index contributed by atoms with van der Waals surface area (Å²) < 4.78 is 49.6. The third kappa shape index (κ3) is 6.52. The van der Waals surface area contributed by atoms with Crippen molar-refractivity contribution < 1.29 is 27.1 Å². The molecule has 2 aromatic heterocycles. The summed E-state index contributed by atoms with van der Waals surface area (Å²) in [5, 5.41) is 7.25. The van der Waals surface area contributed by atoms with E-state index >= 15 is 0 Å². The molecule has 2 fully saturated rings. The molecule has 39 heavy (non-hydrogen) atoms. The van der Waals surface area contributed by atoms with Crippen LogP contribution in [-0.2, 0) is 10.9 Å². The molecule has 2 N–H and O–H groups in total. The number of ether oxygens (including phenoxy) is 1. The minimum absolute atomic E-state index is 0.117. The molecule has 208 valence electrons. The molecule has 0 unspecified atom stereocenters. The van der Waals surface area contributed by atoms with Crippen molar-refractivity contribution in [2.45, 2.75) is 62.8 Å². The molecule has 3 aromatic rings. The van der Waals surface area contributed by atoms with Gasteiger partial charge in [-0.2, -0.15) is 13.2 Å². The number of pyridine rings is 1. The molecule has 2 aliphatic rings. The average Bonchev–Trinajstić information content (AvgIpc) is 3.42. The van der Waals surface area contributed by atoms with E-state index in [1.165, 1.54) is 13.2 Å². The van der Waals surface area contributed by atoms with Crippen molar-refractivity contribution >= 4 is 17.8 Å². The fraction of sp³-hybridized carbons (Fsp3) is 0.464. The molecule has 1 saturated heterocycles. The first kappa shape index (κ1) is 27.0. The normalized spacial score (nSPS) is 21.9. The number of anilines is 2. The molecule has 8 nitrogen and oxygen atoms in total. The van der Waals surface area contributed by atoms with Crippen LogP contribution in [0.5, 0.6) is 0 Å². The number of carbonyl (C=O) groups excluding carboxylic acids is 1. The third-order valence-electron chi connectivity index (χ3n) is 7.42. The maximum Gasteiger partial charge on any atom is 0.417 e. The number of nitrogens with zero attached hydrogens (tertiary/aromatic N) is 3. The Morgan fingerprint density at radius 2 is 1.87 bits per heavy atom. The highest BCUT2D eigenvalue weighted by atomic mass is 19.4. The number of oxazole rings is 1. The van der Waals surface area contributed by atoms with Gasteiger partial charge in [0, 0.05) is 43.0 Å². The summed E-state index contributed by atoms with van der Waals surface area (Å²) in [5.41, 5.74) is 0.432. The van der Waals surface area contributed by atoms with Crippen LogP contribution in [0.4, 0.5) is 25.0 Å². The molecule has 0 spiro atoms. The van der Waals surface area contributed by atoms with E-state index in [0.29, 0.717) is 29.7 Å². The molecule has 0 amide bonds. The molecule has 3 heterocycles. The Morgan fingerprint density at radius 1 is 1.05 bits per heavy atom. The van der Waals surface area contributed by atoms with Gasteiger partial charge < -0.3 is 24.7 Å². The van der Waals surface area contributed by atoms with Gasteiger partial charge in [-0.15, -0.1) is 0 Å². The van der Waals surface area contributed by atoms with Crippen molar-refractivity contribution in [1.29, 1.82) is 0 Å². The van der Waals surface area contributed by atoms with Crippen LogP contribution >= 0.6 is 0 Å². The molecule has 5 rings (SSSR count). The second kappa shape index (κ2) is 11.6. The number of rotatable bonds is 7. The maximum atomic E-state index is 12.9. The van der Waals surface area contributed by atoms with Crippen LogP contribution in [0, 0.1) is 0 Å². The van der Waals surface area contributed by atoms with E-state index in [-0.39, 0.29) is 18.1 Å². The van der Waals surface area contributed by atoms with Crippen LogP contribution in [0.3, 0.4) is 0 Å². The first-order chi connectivity index (χ1) is 18.8. The zero-order valence-corrected chi connectivity index (χ0v) is 21.7. The lowest BCUT2D eigenvalue weighted by atomic mass is 9.89. The van der Waals surface area contributed by atoms with Gasteiger partial charge in [-0.25, -0.2) is 14.8 Å². The summed E-state index contributed by atoms with van der Waals surface area (Å²) in [4.78, 5) is 22.4. The first-order valence-corrected chi connectivity index (χ1v) is 13.3. The summed E-state index contributed by atoms with van der Waals surface area (Å²) in [6, 6.07) is 10.5. The highest BCUT2D eigenvalue weighted by Gasteiger charge is 2.32. The first-order valence-electron chi connectivity index (χ1n) is 13.3. The average molecular weight is 544 g/mol. The van der Waals surface area contributed by atoms with Gasteiger partial charge in [0.1, 0.15) is 5.82 Å². The predicted molar refractivity (Wildman–Crippen MR) is 141 cm³/mol. The van der Waals surface area contributed by atoms with Crippen LogP contribution in [0.2, 0.25) is 0 Å². The minimum atomic E-state index is -4.39. The van der Waals surface area contributed by atoms with E-state index < -0.39 is 17.7 Å². The number of benzene rings is 1. The Bertz CT molecular complexity index is 1260. The zero-order valence-electron chi connectivity index (χ0n) is 21.7. The molecule has 0 radical (unpaired) electrons. The second-order valence-electron chi connectivity index (χ2n) is 10.1. The number of esters is 1. The van der Waals surface area contributed by atoms with Crippen molar-refractivity contribution in [1.82, 2.24) is 15.3 Å². The second-order valence-corrected chi connectivity index (χ2v) is 10.1. The van der Waals surface area contributed by atoms with E-state index in [1.807, 2.05) is 6.07 Å². The number of carbonyl (C=O) groups is 1. The van der Waals surface area contributed by atoms with Gasteiger partial charge in [0.05, 0.1) is 24.4 Å². The lowest BCUT2D eigenvalue weighted by Gasteiger charge is -2.39. The molecular weight excluding hydrogens is 511 g/mol. The summed E-state index contributed by atoms with van der Waals surface area (Å²) in [7, 11) is 1.34. The van der Waals surface area contributed by atoms with Gasteiger partial charge in [-0.05, 0) is 49.9 Å². The topological polar surface area (TPSA) is 92.5 Å². The summed E-state index contributed by atoms with van der Waals surface area (Å²) in [6.07, 6.45) is 4.24. The Kier molecular flexibility index (Phi) is 8.06. The molecule has 1 aromatic carbocycles. The lowest BCUT2D eigenvalue weighted by Crippen LogP contribution is -2.55. The summed E-state index contributed by atoms with van der Waals surface area (Å²) in [6.45, 7) is 1.44. The number of methoxy groups -OCH3 is 1. The summed E-state index contributed by atoms with van der Waals surface area (Å²) in [5.74, 6) is 0.702.